The number of fused-ring (bicyclic) bond motifs is 1. The van der Waals surface area contributed by atoms with E-state index in [1.54, 1.807) is 0 Å². The van der Waals surface area contributed by atoms with E-state index in [9.17, 15) is 0 Å². The number of benzene rings is 3. The third kappa shape index (κ3) is 3.18. The highest BCUT2D eigenvalue weighted by Crippen LogP contribution is 2.25. The first-order chi connectivity index (χ1) is 11.9. The largest absolute Gasteiger partial charge is 0.372 e. The van der Waals surface area contributed by atoms with E-state index in [1.807, 2.05) is 6.21 Å². The van der Waals surface area contributed by atoms with E-state index in [1.165, 1.54) is 48.8 Å². The van der Waals surface area contributed by atoms with E-state index in [0.29, 0.717) is 0 Å². The van der Waals surface area contributed by atoms with Crippen LogP contribution in [0.4, 0.5) is 11.4 Å². The molecule has 0 aromatic heterocycles. The van der Waals surface area contributed by atoms with Crippen LogP contribution in [0.2, 0.25) is 0 Å². The number of hydrogen-bond donors (Lipinski definition) is 0. The van der Waals surface area contributed by atoms with Crippen LogP contribution in [0.1, 0.15) is 24.8 Å². The SMILES string of the molecule is C(=Nc1cccc2ccccc12)c1ccc(N2CCCCC2)cc1. The molecular formula is C22H22N2. The molecule has 0 bridgehead atoms. The van der Waals surface area contributed by atoms with Gasteiger partial charge in [-0.3, -0.25) is 4.99 Å². The van der Waals surface area contributed by atoms with Gasteiger partial charge < -0.3 is 4.90 Å². The Kier molecular flexibility index (Phi) is 4.28. The van der Waals surface area contributed by atoms with Gasteiger partial charge in [-0.1, -0.05) is 48.5 Å². The van der Waals surface area contributed by atoms with Crippen molar-refractivity contribution in [2.45, 2.75) is 19.3 Å². The van der Waals surface area contributed by atoms with Crippen molar-refractivity contribution in [3.05, 3.63) is 72.3 Å². The van der Waals surface area contributed by atoms with Crippen molar-refractivity contribution in [3.63, 3.8) is 0 Å². The molecule has 0 radical (unpaired) electrons. The molecule has 2 heteroatoms. The molecule has 2 nitrogen and oxygen atoms in total. The quantitative estimate of drug-likeness (QED) is 0.576. The van der Waals surface area contributed by atoms with Gasteiger partial charge in [-0.2, -0.15) is 0 Å². The van der Waals surface area contributed by atoms with E-state index in [-0.39, 0.29) is 0 Å². The minimum Gasteiger partial charge on any atom is -0.372 e. The molecule has 4 rings (SSSR count). The normalized spacial score (nSPS) is 15.2. The Bertz CT molecular complexity index is 838. The number of anilines is 1. The van der Waals surface area contributed by atoms with Crippen LogP contribution < -0.4 is 4.90 Å². The minimum absolute atomic E-state index is 1.02. The van der Waals surface area contributed by atoms with E-state index >= 15 is 0 Å². The summed E-state index contributed by atoms with van der Waals surface area (Å²) in [5, 5.41) is 2.42. The minimum atomic E-state index is 1.02. The molecule has 3 aromatic rings. The summed E-state index contributed by atoms with van der Waals surface area (Å²) in [6.07, 6.45) is 5.95. The van der Waals surface area contributed by atoms with Crippen LogP contribution in [-0.4, -0.2) is 19.3 Å². The summed E-state index contributed by atoms with van der Waals surface area (Å²) >= 11 is 0. The van der Waals surface area contributed by atoms with Crippen molar-refractivity contribution in [1.82, 2.24) is 0 Å². The molecule has 3 aromatic carbocycles. The Morgan fingerprint density at radius 2 is 1.50 bits per heavy atom. The summed E-state index contributed by atoms with van der Waals surface area (Å²) in [7, 11) is 0. The molecule has 1 aliphatic heterocycles. The summed E-state index contributed by atoms with van der Waals surface area (Å²) in [6.45, 7) is 2.37. The van der Waals surface area contributed by atoms with Gasteiger partial charge in [-0.15, -0.1) is 0 Å². The predicted molar refractivity (Wildman–Crippen MR) is 104 cm³/mol. The second-order valence-electron chi connectivity index (χ2n) is 6.40. The van der Waals surface area contributed by atoms with Crippen LogP contribution >= 0.6 is 0 Å². The van der Waals surface area contributed by atoms with Crippen LogP contribution in [0.25, 0.3) is 10.8 Å². The van der Waals surface area contributed by atoms with Crippen LogP contribution in [0.3, 0.4) is 0 Å². The highest BCUT2D eigenvalue weighted by molar-refractivity contribution is 5.95. The molecule has 0 unspecified atom stereocenters. The summed E-state index contributed by atoms with van der Waals surface area (Å²) in [5.41, 5.74) is 3.49. The van der Waals surface area contributed by atoms with Crippen molar-refractivity contribution in [2.75, 3.05) is 18.0 Å². The van der Waals surface area contributed by atoms with Crippen molar-refractivity contribution >= 4 is 28.4 Å². The van der Waals surface area contributed by atoms with Crippen LogP contribution in [0.5, 0.6) is 0 Å². The zero-order valence-corrected chi connectivity index (χ0v) is 13.9. The van der Waals surface area contributed by atoms with Gasteiger partial charge in [0.25, 0.3) is 0 Å². The van der Waals surface area contributed by atoms with Gasteiger partial charge in [0, 0.05) is 30.4 Å². The van der Waals surface area contributed by atoms with E-state index < -0.39 is 0 Å². The Morgan fingerprint density at radius 1 is 0.750 bits per heavy atom. The van der Waals surface area contributed by atoms with Crippen LogP contribution in [0, 0.1) is 0 Å². The first-order valence-electron chi connectivity index (χ1n) is 8.77. The summed E-state index contributed by atoms with van der Waals surface area (Å²) in [6, 6.07) is 23.4. The van der Waals surface area contributed by atoms with E-state index in [4.69, 9.17) is 4.99 Å². The average molecular weight is 314 g/mol. The fourth-order valence-electron chi connectivity index (χ4n) is 3.39. The number of rotatable bonds is 3. The summed E-state index contributed by atoms with van der Waals surface area (Å²) in [4.78, 5) is 7.19. The summed E-state index contributed by atoms with van der Waals surface area (Å²) in [5.74, 6) is 0. The maximum Gasteiger partial charge on any atom is 0.0708 e. The second-order valence-corrected chi connectivity index (χ2v) is 6.40. The van der Waals surface area contributed by atoms with Gasteiger partial charge in [-0.25, -0.2) is 0 Å². The lowest BCUT2D eigenvalue weighted by Crippen LogP contribution is -2.29. The standard InChI is InChI=1S/C22H22N2/c1-4-15-24(16-5-1)20-13-11-18(12-14-20)17-23-22-10-6-8-19-7-2-3-9-21(19)22/h2-3,6-14,17H,1,4-5,15-16H2. The third-order valence-electron chi connectivity index (χ3n) is 4.73. The summed E-state index contributed by atoms with van der Waals surface area (Å²) < 4.78 is 0. The topological polar surface area (TPSA) is 15.6 Å². The van der Waals surface area contributed by atoms with Crippen molar-refractivity contribution in [2.24, 2.45) is 4.99 Å². The van der Waals surface area contributed by atoms with Gasteiger partial charge in [0.1, 0.15) is 0 Å². The monoisotopic (exact) mass is 314 g/mol. The first kappa shape index (κ1) is 14.9. The van der Waals surface area contributed by atoms with E-state index in [0.717, 1.165) is 11.3 Å². The van der Waals surface area contributed by atoms with Crippen LogP contribution in [0.15, 0.2) is 71.7 Å². The Hall–Kier alpha value is -2.61. The molecule has 120 valence electrons. The number of aliphatic imine (C=N–C) groups is 1. The van der Waals surface area contributed by atoms with Gasteiger partial charge >= 0.3 is 0 Å². The molecule has 0 amide bonds. The molecule has 1 heterocycles. The predicted octanol–water partition coefficient (Wildman–Crippen LogP) is 5.58. The average Bonchev–Trinajstić information content (AvgIpc) is 2.67. The Balaban J connectivity index is 1.55. The molecule has 1 aliphatic rings. The molecule has 0 spiro atoms. The number of hydrogen-bond acceptors (Lipinski definition) is 2. The molecular weight excluding hydrogens is 292 g/mol. The van der Waals surface area contributed by atoms with Gasteiger partial charge in [0.2, 0.25) is 0 Å². The number of nitrogens with zero attached hydrogens (tertiary/aromatic N) is 2. The Labute approximate surface area is 143 Å². The Morgan fingerprint density at radius 3 is 2.33 bits per heavy atom. The van der Waals surface area contributed by atoms with Crippen molar-refractivity contribution in [3.8, 4) is 0 Å². The van der Waals surface area contributed by atoms with Gasteiger partial charge in [0.05, 0.1) is 5.69 Å². The zero-order chi connectivity index (χ0) is 16.2. The van der Waals surface area contributed by atoms with Gasteiger partial charge in [0.15, 0.2) is 0 Å². The molecule has 0 saturated carbocycles. The second kappa shape index (κ2) is 6.88. The highest BCUT2D eigenvalue weighted by atomic mass is 15.1. The van der Waals surface area contributed by atoms with Crippen molar-refractivity contribution in [1.29, 1.82) is 0 Å². The molecule has 1 fully saturated rings. The lowest BCUT2D eigenvalue weighted by Gasteiger charge is -2.28. The smallest absolute Gasteiger partial charge is 0.0708 e. The van der Waals surface area contributed by atoms with Crippen LogP contribution in [-0.2, 0) is 0 Å². The third-order valence-corrected chi connectivity index (χ3v) is 4.73. The fraction of sp³-hybridized carbons (Fsp3) is 0.227. The number of piperidine rings is 1. The van der Waals surface area contributed by atoms with Gasteiger partial charge in [-0.05, 0) is 48.4 Å². The highest BCUT2D eigenvalue weighted by Gasteiger charge is 2.10. The zero-order valence-electron chi connectivity index (χ0n) is 13.9. The fourth-order valence-corrected chi connectivity index (χ4v) is 3.39. The lowest BCUT2D eigenvalue weighted by atomic mass is 10.1. The maximum absolute atomic E-state index is 4.71. The van der Waals surface area contributed by atoms with Crippen molar-refractivity contribution < 1.29 is 0 Å². The molecule has 24 heavy (non-hydrogen) atoms. The molecule has 0 N–H and O–H groups in total. The lowest BCUT2D eigenvalue weighted by molar-refractivity contribution is 0.578. The molecule has 1 saturated heterocycles. The molecule has 0 atom stereocenters. The molecule has 0 aliphatic carbocycles. The first-order valence-corrected chi connectivity index (χ1v) is 8.77. The maximum atomic E-state index is 4.71. The van der Waals surface area contributed by atoms with E-state index in [2.05, 4.69) is 71.6 Å².